The number of carbonyl (C=O) groups excluding carboxylic acids is 2. The second-order valence-electron chi connectivity index (χ2n) is 4.55. The number of aliphatic hydroxyl groups excluding tert-OH is 1. The minimum absolute atomic E-state index is 0.0239. The number of rotatable bonds is 3. The molecule has 0 aromatic carbocycles. The Morgan fingerprint density at radius 2 is 2.32 bits per heavy atom. The molecule has 19 heavy (non-hydrogen) atoms. The van der Waals surface area contributed by atoms with Crippen LogP contribution < -0.4 is 0 Å². The van der Waals surface area contributed by atoms with Gasteiger partial charge in [-0.3, -0.25) is 9.59 Å². The van der Waals surface area contributed by atoms with Gasteiger partial charge in [0.25, 0.3) is 5.91 Å². The van der Waals surface area contributed by atoms with Crippen LogP contribution in [0.15, 0.2) is 21.2 Å². The molecule has 1 fully saturated rings. The van der Waals surface area contributed by atoms with Crippen LogP contribution in [0.3, 0.4) is 0 Å². The van der Waals surface area contributed by atoms with Crippen LogP contribution in [0.2, 0.25) is 0 Å². The maximum absolute atomic E-state index is 12.0. The third-order valence-electron chi connectivity index (χ3n) is 3.02. The van der Waals surface area contributed by atoms with Crippen molar-refractivity contribution in [2.24, 2.45) is 0 Å². The molecule has 0 saturated carbocycles. The van der Waals surface area contributed by atoms with Gasteiger partial charge in [-0.1, -0.05) is 0 Å². The van der Waals surface area contributed by atoms with Gasteiger partial charge >= 0.3 is 0 Å². The van der Waals surface area contributed by atoms with Crippen molar-refractivity contribution in [3.05, 3.63) is 22.6 Å². The van der Waals surface area contributed by atoms with E-state index >= 15 is 0 Å². The summed E-state index contributed by atoms with van der Waals surface area (Å²) in [4.78, 5) is 26.8. The molecule has 0 aliphatic carbocycles. The van der Waals surface area contributed by atoms with Crippen LogP contribution in [0.1, 0.15) is 17.0 Å². The molecule has 1 aromatic rings. The fraction of sp³-hybridized carbons (Fsp3) is 0.500. The molecule has 1 aliphatic rings. The average molecular weight is 331 g/mol. The van der Waals surface area contributed by atoms with E-state index in [9.17, 15) is 14.7 Å². The normalized spacial score (nSPS) is 18.7. The molecule has 1 N–H and O–H groups in total. The van der Waals surface area contributed by atoms with E-state index in [1.54, 1.807) is 24.1 Å². The van der Waals surface area contributed by atoms with E-state index in [0.717, 1.165) is 0 Å². The Labute approximate surface area is 119 Å². The summed E-state index contributed by atoms with van der Waals surface area (Å²) < 4.78 is 5.62. The van der Waals surface area contributed by atoms with Crippen molar-refractivity contribution in [1.29, 1.82) is 0 Å². The van der Waals surface area contributed by atoms with Crippen LogP contribution in [0, 0.1) is 0 Å². The molecular formula is C12H15BrN2O4. The number of likely N-dealkylation sites (tertiary alicyclic amines) is 1. The lowest BCUT2D eigenvalue weighted by Crippen LogP contribution is -2.40. The monoisotopic (exact) mass is 330 g/mol. The fourth-order valence-electron chi connectivity index (χ4n) is 1.96. The van der Waals surface area contributed by atoms with Crippen molar-refractivity contribution >= 4 is 27.7 Å². The average Bonchev–Trinajstić information content (AvgIpc) is 2.97. The molecule has 0 unspecified atom stereocenters. The van der Waals surface area contributed by atoms with Gasteiger partial charge in [0.2, 0.25) is 5.91 Å². The lowest BCUT2D eigenvalue weighted by Gasteiger charge is -2.20. The number of β-amino-alcohol motifs (C(OH)–C–C–N with tert-alkyl or cyclic N) is 1. The van der Waals surface area contributed by atoms with E-state index in [-0.39, 0.29) is 24.1 Å². The first kappa shape index (κ1) is 14.1. The third-order valence-corrected chi connectivity index (χ3v) is 3.45. The Morgan fingerprint density at radius 1 is 1.58 bits per heavy atom. The number of amides is 2. The third kappa shape index (κ3) is 3.36. The molecule has 2 heterocycles. The maximum Gasteiger partial charge on any atom is 0.289 e. The Kier molecular flexibility index (Phi) is 4.26. The van der Waals surface area contributed by atoms with Crippen molar-refractivity contribution in [2.45, 2.75) is 12.5 Å². The van der Waals surface area contributed by atoms with Gasteiger partial charge < -0.3 is 19.3 Å². The summed E-state index contributed by atoms with van der Waals surface area (Å²) in [7, 11) is 1.54. The van der Waals surface area contributed by atoms with Gasteiger partial charge in [-0.2, -0.15) is 0 Å². The zero-order valence-electron chi connectivity index (χ0n) is 10.5. The Bertz CT molecular complexity index is 488. The topological polar surface area (TPSA) is 74.0 Å². The van der Waals surface area contributed by atoms with Gasteiger partial charge in [0.1, 0.15) is 0 Å². The highest BCUT2D eigenvalue weighted by Gasteiger charge is 2.26. The van der Waals surface area contributed by atoms with E-state index < -0.39 is 6.10 Å². The van der Waals surface area contributed by atoms with Crippen molar-refractivity contribution < 1.29 is 19.1 Å². The van der Waals surface area contributed by atoms with Crippen molar-refractivity contribution in [1.82, 2.24) is 9.80 Å². The van der Waals surface area contributed by atoms with Crippen LogP contribution in [-0.4, -0.2) is 59.5 Å². The van der Waals surface area contributed by atoms with Crippen LogP contribution in [0.25, 0.3) is 0 Å². The minimum atomic E-state index is -0.453. The van der Waals surface area contributed by atoms with Gasteiger partial charge in [0.15, 0.2) is 10.4 Å². The SMILES string of the molecule is CN(CC(=O)N1CC[C@@H](O)C1)C(=O)c1ccc(Br)o1. The van der Waals surface area contributed by atoms with Crippen molar-refractivity contribution in [2.75, 3.05) is 26.7 Å². The molecule has 2 amide bonds. The van der Waals surface area contributed by atoms with Crippen molar-refractivity contribution in [3.8, 4) is 0 Å². The first-order valence-electron chi connectivity index (χ1n) is 5.94. The highest BCUT2D eigenvalue weighted by molar-refractivity contribution is 9.10. The van der Waals surface area contributed by atoms with E-state index in [0.29, 0.717) is 24.2 Å². The summed E-state index contributed by atoms with van der Waals surface area (Å²) in [6, 6.07) is 3.17. The van der Waals surface area contributed by atoms with Crippen LogP contribution in [0.5, 0.6) is 0 Å². The summed E-state index contributed by atoms with van der Waals surface area (Å²) >= 11 is 3.12. The zero-order valence-corrected chi connectivity index (χ0v) is 12.1. The van der Waals surface area contributed by atoms with Crippen LogP contribution in [0.4, 0.5) is 0 Å². The fourth-order valence-corrected chi connectivity index (χ4v) is 2.27. The Morgan fingerprint density at radius 3 is 2.84 bits per heavy atom. The standard InChI is InChI=1S/C12H15BrN2O4/c1-14(12(18)9-2-3-10(13)19-9)7-11(17)15-5-4-8(16)6-15/h2-3,8,16H,4-7H2,1H3/t8-/m1/s1. The summed E-state index contributed by atoms with van der Waals surface area (Å²) in [5.41, 5.74) is 0. The van der Waals surface area contributed by atoms with Gasteiger partial charge in [-0.25, -0.2) is 0 Å². The first-order chi connectivity index (χ1) is 8.97. The lowest BCUT2D eigenvalue weighted by molar-refractivity contribution is -0.131. The molecule has 0 bridgehead atoms. The molecule has 1 atom stereocenters. The molecule has 0 spiro atoms. The smallest absolute Gasteiger partial charge is 0.289 e. The summed E-state index contributed by atoms with van der Waals surface area (Å²) in [6.45, 7) is 0.853. The molecule has 104 valence electrons. The molecule has 1 aliphatic heterocycles. The van der Waals surface area contributed by atoms with E-state index in [4.69, 9.17) is 4.42 Å². The minimum Gasteiger partial charge on any atom is -0.444 e. The van der Waals surface area contributed by atoms with E-state index in [2.05, 4.69) is 15.9 Å². The second kappa shape index (κ2) is 5.75. The summed E-state index contributed by atoms with van der Waals surface area (Å²) in [5, 5.41) is 9.38. The van der Waals surface area contributed by atoms with Gasteiger partial charge in [0, 0.05) is 20.1 Å². The number of likely N-dealkylation sites (N-methyl/N-ethyl adjacent to an activating group) is 1. The molecule has 2 rings (SSSR count). The van der Waals surface area contributed by atoms with Gasteiger partial charge in [0.05, 0.1) is 12.6 Å². The first-order valence-corrected chi connectivity index (χ1v) is 6.73. The van der Waals surface area contributed by atoms with Crippen LogP contribution in [-0.2, 0) is 4.79 Å². The van der Waals surface area contributed by atoms with Gasteiger partial charge in [-0.15, -0.1) is 0 Å². The summed E-state index contributed by atoms with van der Waals surface area (Å²) in [6.07, 6.45) is 0.139. The molecule has 0 radical (unpaired) electrons. The van der Waals surface area contributed by atoms with E-state index in [1.807, 2.05) is 0 Å². The molecule has 7 heteroatoms. The number of hydrogen-bond donors (Lipinski definition) is 1. The number of carbonyl (C=O) groups is 2. The Balaban J connectivity index is 1.91. The van der Waals surface area contributed by atoms with Crippen molar-refractivity contribution in [3.63, 3.8) is 0 Å². The zero-order chi connectivity index (χ0) is 14.0. The predicted molar refractivity (Wildman–Crippen MR) is 70.6 cm³/mol. The molecular weight excluding hydrogens is 316 g/mol. The number of furan rings is 1. The molecule has 6 nitrogen and oxygen atoms in total. The predicted octanol–water partition coefficient (Wildman–Crippen LogP) is 0.707. The number of nitrogens with zero attached hydrogens (tertiary/aromatic N) is 2. The number of halogens is 1. The second-order valence-corrected chi connectivity index (χ2v) is 5.33. The molecule has 1 aromatic heterocycles. The van der Waals surface area contributed by atoms with Gasteiger partial charge in [-0.05, 0) is 34.5 Å². The maximum atomic E-state index is 12.0. The van der Waals surface area contributed by atoms with Crippen LogP contribution >= 0.6 is 15.9 Å². The quantitative estimate of drug-likeness (QED) is 0.885. The Hall–Kier alpha value is -1.34. The lowest BCUT2D eigenvalue weighted by atomic mass is 10.3. The highest BCUT2D eigenvalue weighted by Crippen LogP contribution is 2.15. The molecule has 1 saturated heterocycles. The highest BCUT2D eigenvalue weighted by atomic mass is 79.9. The number of hydrogen-bond acceptors (Lipinski definition) is 4. The number of aliphatic hydroxyl groups is 1. The van der Waals surface area contributed by atoms with E-state index in [1.165, 1.54) is 4.90 Å². The summed E-state index contributed by atoms with van der Waals surface area (Å²) in [5.74, 6) is -0.333. The largest absolute Gasteiger partial charge is 0.444 e.